The van der Waals surface area contributed by atoms with E-state index >= 15 is 0 Å². The molecule has 1 aliphatic heterocycles. The van der Waals surface area contributed by atoms with Gasteiger partial charge in [-0.2, -0.15) is 0 Å². The van der Waals surface area contributed by atoms with Gasteiger partial charge in [-0.15, -0.1) is 0 Å². The Bertz CT molecular complexity index is 827. The van der Waals surface area contributed by atoms with Crippen LogP contribution in [0.15, 0.2) is 40.8 Å². The summed E-state index contributed by atoms with van der Waals surface area (Å²) in [6, 6.07) is 8.42. The van der Waals surface area contributed by atoms with Gasteiger partial charge < -0.3 is 14.6 Å². The highest BCUT2D eigenvalue weighted by Crippen LogP contribution is 2.22. The third-order valence-corrected chi connectivity index (χ3v) is 4.15. The fourth-order valence-electron chi connectivity index (χ4n) is 2.63. The zero-order valence-corrected chi connectivity index (χ0v) is 13.7. The highest BCUT2D eigenvalue weighted by atomic mass is 19.1. The van der Waals surface area contributed by atoms with Crippen LogP contribution < -0.4 is 5.32 Å². The molecule has 2 aromatic rings. The Morgan fingerprint density at radius 1 is 1.23 bits per heavy atom. The molecule has 3 rings (SSSR count). The summed E-state index contributed by atoms with van der Waals surface area (Å²) in [6.45, 7) is 0.880. The smallest absolute Gasteiger partial charge is 0.395 e. The molecule has 1 N–H and O–H groups in total. The van der Waals surface area contributed by atoms with E-state index in [9.17, 15) is 24.1 Å². The summed E-state index contributed by atoms with van der Waals surface area (Å²) < 4.78 is 17.7. The minimum Gasteiger partial charge on any atom is -0.395 e. The van der Waals surface area contributed by atoms with Crippen LogP contribution in [-0.4, -0.2) is 41.3 Å². The van der Waals surface area contributed by atoms with Crippen molar-refractivity contribution in [1.82, 2.24) is 10.2 Å². The van der Waals surface area contributed by atoms with Gasteiger partial charge >= 0.3 is 5.88 Å². The molecule has 1 saturated heterocycles. The number of carbonyl (C=O) groups excluding carboxylic acids is 2. The monoisotopic (exact) mass is 361 g/mol. The number of carbonyl (C=O) groups is 2. The lowest BCUT2D eigenvalue weighted by atomic mass is 9.98. The van der Waals surface area contributed by atoms with Crippen LogP contribution in [0.2, 0.25) is 0 Å². The molecule has 0 radical (unpaired) electrons. The quantitative estimate of drug-likeness (QED) is 0.623. The molecule has 0 aliphatic carbocycles. The minimum absolute atomic E-state index is 0.119. The molecule has 1 aromatic heterocycles. The van der Waals surface area contributed by atoms with Crippen molar-refractivity contribution in [2.45, 2.75) is 6.42 Å². The van der Waals surface area contributed by atoms with E-state index in [2.05, 4.69) is 5.32 Å². The predicted octanol–water partition coefficient (Wildman–Crippen LogP) is 1.76. The first-order chi connectivity index (χ1) is 12.4. The molecule has 1 aromatic carbocycles. The first-order valence-electron chi connectivity index (χ1n) is 7.99. The van der Waals surface area contributed by atoms with Gasteiger partial charge in [-0.25, -0.2) is 4.39 Å². The summed E-state index contributed by atoms with van der Waals surface area (Å²) >= 11 is 0. The zero-order chi connectivity index (χ0) is 18.7. The molecule has 0 bridgehead atoms. The second-order valence-electron chi connectivity index (χ2n) is 5.97. The first kappa shape index (κ1) is 17.6. The summed E-state index contributed by atoms with van der Waals surface area (Å²) in [5.74, 6) is -1.89. The van der Waals surface area contributed by atoms with Gasteiger partial charge in [-0.05, 0) is 30.2 Å². The SMILES string of the molecule is O=C(NCCc1ccc(F)cc1)C1CN(C(=O)c2ccc([N+](=O)[O-])o2)C1. The molecule has 1 fully saturated rings. The molecule has 2 heterocycles. The first-order valence-corrected chi connectivity index (χ1v) is 7.99. The van der Waals surface area contributed by atoms with Crippen LogP contribution in [0.4, 0.5) is 10.3 Å². The summed E-state index contributed by atoms with van der Waals surface area (Å²) in [5, 5.41) is 13.3. The Morgan fingerprint density at radius 3 is 2.54 bits per heavy atom. The van der Waals surface area contributed by atoms with Crippen LogP contribution in [-0.2, 0) is 11.2 Å². The van der Waals surface area contributed by atoms with Gasteiger partial charge in [0.1, 0.15) is 10.7 Å². The Labute approximate surface area is 147 Å². The molecular weight excluding hydrogens is 345 g/mol. The van der Waals surface area contributed by atoms with Gasteiger partial charge in [0.15, 0.2) is 5.76 Å². The summed E-state index contributed by atoms with van der Waals surface area (Å²) in [7, 11) is 0. The van der Waals surface area contributed by atoms with Crippen LogP contribution in [0.1, 0.15) is 16.1 Å². The average Bonchev–Trinajstić information content (AvgIpc) is 3.05. The van der Waals surface area contributed by atoms with E-state index < -0.39 is 16.7 Å². The molecule has 0 saturated carbocycles. The largest absolute Gasteiger partial charge is 0.433 e. The highest BCUT2D eigenvalue weighted by Gasteiger charge is 2.37. The number of rotatable bonds is 6. The Kier molecular flexibility index (Phi) is 4.97. The minimum atomic E-state index is -0.718. The summed E-state index contributed by atoms with van der Waals surface area (Å²) in [5.41, 5.74) is 0.913. The Balaban J connectivity index is 1.42. The van der Waals surface area contributed by atoms with Gasteiger partial charge in [0.25, 0.3) is 5.91 Å². The van der Waals surface area contributed by atoms with Crippen molar-refractivity contribution in [3.05, 3.63) is 63.7 Å². The molecule has 1 aliphatic rings. The molecule has 136 valence electrons. The number of nitro groups is 1. The van der Waals surface area contributed by atoms with Crippen molar-refractivity contribution in [1.29, 1.82) is 0 Å². The van der Waals surface area contributed by atoms with Crippen molar-refractivity contribution in [3.8, 4) is 0 Å². The van der Waals surface area contributed by atoms with Gasteiger partial charge in [0.2, 0.25) is 5.91 Å². The third kappa shape index (κ3) is 3.88. The number of nitrogens with one attached hydrogen (secondary N) is 1. The summed E-state index contributed by atoms with van der Waals surface area (Å²) in [4.78, 5) is 35.4. The molecular formula is C17H16FN3O5. The van der Waals surface area contributed by atoms with Gasteiger partial charge in [0, 0.05) is 19.6 Å². The van der Waals surface area contributed by atoms with E-state index in [1.807, 2.05) is 0 Å². The Morgan fingerprint density at radius 2 is 1.92 bits per heavy atom. The van der Waals surface area contributed by atoms with Gasteiger partial charge in [-0.3, -0.25) is 19.7 Å². The van der Waals surface area contributed by atoms with Crippen molar-refractivity contribution in [3.63, 3.8) is 0 Å². The van der Waals surface area contributed by atoms with E-state index in [4.69, 9.17) is 4.42 Å². The second kappa shape index (κ2) is 7.34. The maximum atomic E-state index is 12.8. The number of likely N-dealkylation sites (tertiary alicyclic amines) is 1. The summed E-state index contributed by atoms with van der Waals surface area (Å²) in [6.07, 6.45) is 0.581. The number of amides is 2. The van der Waals surface area contributed by atoms with E-state index in [0.29, 0.717) is 13.0 Å². The molecule has 0 atom stereocenters. The van der Waals surface area contributed by atoms with E-state index in [1.54, 1.807) is 12.1 Å². The van der Waals surface area contributed by atoms with Crippen molar-refractivity contribution >= 4 is 17.7 Å². The van der Waals surface area contributed by atoms with Crippen LogP contribution in [0.3, 0.4) is 0 Å². The maximum absolute atomic E-state index is 12.8. The van der Waals surface area contributed by atoms with E-state index in [1.165, 1.54) is 23.1 Å². The van der Waals surface area contributed by atoms with Gasteiger partial charge in [0.05, 0.1) is 12.0 Å². The van der Waals surface area contributed by atoms with Crippen molar-refractivity contribution < 1.29 is 23.3 Å². The lowest BCUT2D eigenvalue weighted by Gasteiger charge is -2.37. The van der Waals surface area contributed by atoms with Crippen LogP contribution in [0.5, 0.6) is 0 Å². The molecule has 2 amide bonds. The number of halogens is 1. The molecule has 0 unspecified atom stereocenters. The number of hydrogen-bond acceptors (Lipinski definition) is 5. The lowest BCUT2D eigenvalue weighted by molar-refractivity contribution is -0.402. The van der Waals surface area contributed by atoms with Crippen LogP contribution >= 0.6 is 0 Å². The molecule has 26 heavy (non-hydrogen) atoms. The normalized spacial score (nSPS) is 14.0. The van der Waals surface area contributed by atoms with E-state index in [-0.39, 0.29) is 36.5 Å². The van der Waals surface area contributed by atoms with Gasteiger partial charge in [-0.1, -0.05) is 12.1 Å². The van der Waals surface area contributed by atoms with E-state index in [0.717, 1.165) is 11.6 Å². The highest BCUT2D eigenvalue weighted by molar-refractivity contribution is 5.94. The predicted molar refractivity (Wildman–Crippen MR) is 87.9 cm³/mol. The maximum Gasteiger partial charge on any atom is 0.433 e. The lowest BCUT2D eigenvalue weighted by Crippen LogP contribution is -2.55. The van der Waals surface area contributed by atoms with Crippen molar-refractivity contribution in [2.75, 3.05) is 19.6 Å². The number of nitrogens with zero attached hydrogens (tertiary/aromatic N) is 2. The third-order valence-electron chi connectivity index (χ3n) is 4.15. The molecule has 9 heteroatoms. The fourth-order valence-corrected chi connectivity index (χ4v) is 2.63. The topological polar surface area (TPSA) is 106 Å². The number of furan rings is 1. The second-order valence-corrected chi connectivity index (χ2v) is 5.97. The van der Waals surface area contributed by atoms with Crippen molar-refractivity contribution in [2.24, 2.45) is 5.92 Å². The fraction of sp³-hybridized carbons (Fsp3) is 0.294. The molecule has 0 spiro atoms. The standard InChI is InChI=1S/C17H16FN3O5/c18-13-3-1-11(2-4-13)7-8-19-16(22)12-9-20(10-12)17(23)14-5-6-15(26-14)21(24)25/h1-6,12H,7-10H2,(H,19,22). The van der Waals surface area contributed by atoms with Crippen LogP contribution in [0, 0.1) is 21.8 Å². The zero-order valence-electron chi connectivity index (χ0n) is 13.7. The Hall–Kier alpha value is -3.23. The van der Waals surface area contributed by atoms with Crippen LogP contribution in [0.25, 0.3) is 0 Å². The number of hydrogen-bond donors (Lipinski definition) is 1. The molecule has 8 nitrogen and oxygen atoms in total. The average molecular weight is 361 g/mol. The number of benzene rings is 1.